The molecule has 0 saturated heterocycles. The smallest absolute Gasteiger partial charge is 0.234 e. The van der Waals surface area contributed by atoms with Crippen LogP contribution in [0, 0.1) is 0 Å². The Kier molecular flexibility index (Phi) is 6.63. The Labute approximate surface area is 137 Å². The van der Waals surface area contributed by atoms with E-state index in [-0.39, 0.29) is 11.9 Å². The van der Waals surface area contributed by atoms with Gasteiger partial charge in [0.05, 0.1) is 6.04 Å². The lowest BCUT2D eigenvalue weighted by Gasteiger charge is -2.14. The monoisotopic (exact) mass is 312 g/mol. The predicted molar refractivity (Wildman–Crippen MR) is 91.9 cm³/mol. The van der Waals surface area contributed by atoms with E-state index in [4.69, 9.17) is 10.5 Å². The van der Waals surface area contributed by atoms with Gasteiger partial charge in [0.1, 0.15) is 12.4 Å². The summed E-state index contributed by atoms with van der Waals surface area (Å²) in [4.78, 5) is 11.3. The normalized spacial score (nSPS) is 11.9. The highest BCUT2D eigenvalue weighted by molar-refractivity contribution is 5.79. The van der Waals surface area contributed by atoms with E-state index in [9.17, 15) is 4.79 Å². The maximum absolute atomic E-state index is 11.3. The Bertz CT molecular complexity index is 597. The molecule has 0 radical (unpaired) electrons. The van der Waals surface area contributed by atoms with Crippen LogP contribution in [0.4, 0.5) is 0 Å². The maximum Gasteiger partial charge on any atom is 0.234 e. The lowest BCUT2D eigenvalue weighted by atomic mass is 10.1. The van der Waals surface area contributed by atoms with Crippen LogP contribution in [0.25, 0.3) is 0 Å². The van der Waals surface area contributed by atoms with E-state index in [0.29, 0.717) is 13.2 Å². The van der Waals surface area contributed by atoms with Crippen LogP contribution < -0.4 is 15.8 Å². The molecular formula is C19H24N2O2. The molecule has 0 spiro atoms. The van der Waals surface area contributed by atoms with Gasteiger partial charge in [-0.25, -0.2) is 0 Å². The van der Waals surface area contributed by atoms with Gasteiger partial charge >= 0.3 is 0 Å². The summed E-state index contributed by atoms with van der Waals surface area (Å²) in [6, 6.07) is 17.7. The van der Waals surface area contributed by atoms with Crippen molar-refractivity contribution in [1.29, 1.82) is 0 Å². The minimum atomic E-state index is -0.297. The summed E-state index contributed by atoms with van der Waals surface area (Å²) in [7, 11) is 0. The van der Waals surface area contributed by atoms with Gasteiger partial charge in [-0.2, -0.15) is 0 Å². The largest absolute Gasteiger partial charge is 0.489 e. The fraction of sp³-hybridized carbons (Fsp3) is 0.316. The van der Waals surface area contributed by atoms with Gasteiger partial charge in [-0.1, -0.05) is 55.8 Å². The van der Waals surface area contributed by atoms with Crippen LogP contribution in [0.15, 0.2) is 54.6 Å². The highest BCUT2D eigenvalue weighted by Crippen LogP contribution is 2.14. The van der Waals surface area contributed by atoms with Gasteiger partial charge in [-0.15, -0.1) is 0 Å². The molecule has 0 aromatic heterocycles. The Balaban J connectivity index is 1.83. The number of benzene rings is 2. The lowest BCUT2D eigenvalue weighted by Crippen LogP contribution is -2.40. The third kappa shape index (κ3) is 5.75. The summed E-state index contributed by atoms with van der Waals surface area (Å²) < 4.78 is 5.75. The number of nitrogens with one attached hydrogen (secondary N) is 1. The van der Waals surface area contributed by atoms with Crippen molar-refractivity contribution >= 4 is 5.91 Å². The average molecular weight is 312 g/mol. The number of carbonyl (C=O) groups excluding carboxylic acids is 1. The van der Waals surface area contributed by atoms with Crippen molar-refractivity contribution in [2.24, 2.45) is 5.73 Å². The summed E-state index contributed by atoms with van der Waals surface area (Å²) in [6.45, 7) is 3.21. The van der Waals surface area contributed by atoms with Gasteiger partial charge in [0, 0.05) is 6.54 Å². The van der Waals surface area contributed by atoms with Gasteiger partial charge in [-0.05, 0) is 29.7 Å². The number of hydrogen-bond donors (Lipinski definition) is 2. The molecule has 23 heavy (non-hydrogen) atoms. The van der Waals surface area contributed by atoms with Crippen LogP contribution in [-0.2, 0) is 17.9 Å². The maximum atomic E-state index is 11.3. The molecule has 0 bridgehead atoms. The second-order valence-electron chi connectivity index (χ2n) is 5.54. The molecule has 2 aromatic rings. The molecule has 1 amide bonds. The van der Waals surface area contributed by atoms with E-state index >= 15 is 0 Å². The van der Waals surface area contributed by atoms with Crippen molar-refractivity contribution in [3.05, 3.63) is 65.7 Å². The molecule has 1 atom stereocenters. The van der Waals surface area contributed by atoms with Gasteiger partial charge in [0.15, 0.2) is 0 Å². The second-order valence-corrected chi connectivity index (χ2v) is 5.54. The number of nitrogens with two attached hydrogens (primary N) is 1. The van der Waals surface area contributed by atoms with Crippen LogP contribution in [0.2, 0.25) is 0 Å². The van der Waals surface area contributed by atoms with Crippen LogP contribution in [-0.4, -0.2) is 11.9 Å². The molecule has 0 aliphatic rings. The zero-order chi connectivity index (χ0) is 16.5. The molecule has 0 aliphatic heterocycles. The number of rotatable bonds is 9. The molecule has 0 saturated carbocycles. The molecule has 0 fully saturated rings. The Morgan fingerprint density at radius 3 is 2.39 bits per heavy atom. The summed E-state index contributed by atoms with van der Waals surface area (Å²) in [5, 5.41) is 3.20. The third-order valence-corrected chi connectivity index (χ3v) is 3.65. The zero-order valence-electron chi connectivity index (χ0n) is 13.5. The van der Waals surface area contributed by atoms with Crippen LogP contribution in [0.5, 0.6) is 5.75 Å². The molecule has 2 aromatic carbocycles. The summed E-state index contributed by atoms with van der Waals surface area (Å²) in [5.74, 6) is 0.535. The SMILES string of the molecule is CCCC(NCc1ccc(OCc2ccccc2)cc1)C(N)=O. The zero-order valence-corrected chi connectivity index (χ0v) is 13.5. The quantitative estimate of drug-likeness (QED) is 0.748. The van der Waals surface area contributed by atoms with Gasteiger partial charge in [0.25, 0.3) is 0 Å². The molecule has 1 unspecified atom stereocenters. The first-order valence-corrected chi connectivity index (χ1v) is 7.97. The average Bonchev–Trinajstić information content (AvgIpc) is 2.58. The molecule has 4 nitrogen and oxygen atoms in total. The van der Waals surface area contributed by atoms with Crippen LogP contribution in [0.3, 0.4) is 0 Å². The Hall–Kier alpha value is -2.33. The predicted octanol–water partition coefficient (Wildman–Crippen LogP) is 3.01. The summed E-state index contributed by atoms with van der Waals surface area (Å²) in [6.07, 6.45) is 1.68. The van der Waals surface area contributed by atoms with E-state index in [1.165, 1.54) is 0 Å². The number of hydrogen-bond acceptors (Lipinski definition) is 3. The molecule has 0 aliphatic carbocycles. The van der Waals surface area contributed by atoms with Crippen molar-refractivity contribution in [3.8, 4) is 5.75 Å². The molecular weight excluding hydrogens is 288 g/mol. The summed E-state index contributed by atoms with van der Waals surface area (Å²) in [5.41, 5.74) is 7.62. The number of primary amides is 1. The van der Waals surface area contributed by atoms with Crippen LogP contribution in [0.1, 0.15) is 30.9 Å². The van der Waals surface area contributed by atoms with Crippen molar-refractivity contribution in [2.45, 2.75) is 39.0 Å². The minimum absolute atomic E-state index is 0.269. The fourth-order valence-electron chi connectivity index (χ4n) is 2.32. The number of carbonyl (C=O) groups is 1. The van der Waals surface area contributed by atoms with E-state index in [1.54, 1.807) is 0 Å². The van der Waals surface area contributed by atoms with Crippen molar-refractivity contribution in [1.82, 2.24) is 5.32 Å². The highest BCUT2D eigenvalue weighted by Gasteiger charge is 2.12. The fourth-order valence-corrected chi connectivity index (χ4v) is 2.32. The topological polar surface area (TPSA) is 64.3 Å². The molecule has 3 N–H and O–H groups in total. The van der Waals surface area contributed by atoms with Crippen molar-refractivity contribution in [3.63, 3.8) is 0 Å². The van der Waals surface area contributed by atoms with E-state index in [0.717, 1.165) is 29.7 Å². The first kappa shape index (κ1) is 17.0. The van der Waals surface area contributed by atoms with Crippen molar-refractivity contribution in [2.75, 3.05) is 0 Å². The third-order valence-electron chi connectivity index (χ3n) is 3.65. The highest BCUT2D eigenvalue weighted by atomic mass is 16.5. The standard InChI is InChI=1S/C19H24N2O2/c1-2-6-18(19(20)22)21-13-15-9-11-17(12-10-15)23-14-16-7-4-3-5-8-16/h3-5,7-12,18,21H,2,6,13-14H2,1H3,(H2,20,22). The van der Waals surface area contributed by atoms with E-state index in [1.807, 2.05) is 61.5 Å². The molecule has 0 heterocycles. The van der Waals surface area contributed by atoms with E-state index in [2.05, 4.69) is 5.32 Å². The molecule has 2 rings (SSSR count). The molecule has 122 valence electrons. The van der Waals surface area contributed by atoms with Crippen molar-refractivity contribution < 1.29 is 9.53 Å². The Morgan fingerprint density at radius 2 is 1.78 bits per heavy atom. The Morgan fingerprint density at radius 1 is 1.09 bits per heavy atom. The first-order valence-electron chi connectivity index (χ1n) is 7.97. The number of amides is 1. The number of ether oxygens (including phenoxy) is 1. The van der Waals surface area contributed by atoms with E-state index < -0.39 is 0 Å². The first-order chi connectivity index (χ1) is 11.2. The minimum Gasteiger partial charge on any atom is -0.489 e. The molecule has 4 heteroatoms. The second kappa shape index (κ2) is 8.96. The summed E-state index contributed by atoms with van der Waals surface area (Å²) >= 11 is 0. The van der Waals surface area contributed by atoms with Gasteiger partial charge < -0.3 is 15.8 Å². The van der Waals surface area contributed by atoms with Gasteiger partial charge in [0.2, 0.25) is 5.91 Å². The lowest BCUT2D eigenvalue weighted by molar-refractivity contribution is -0.120. The van der Waals surface area contributed by atoms with Gasteiger partial charge in [-0.3, -0.25) is 4.79 Å². The van der Waals surface area contributed by atoms with Crippen LogP contribution >= 0.6 is 0 Å².